The summed E-state index contributed by atoms with van der Waals surface area (Å²) in [6.45, 7) is -2.10. The van der Waals surface area contributed by atoms with Crippen molar-refractivity contribution >= 4 is 46.0 Å². The second-order valence-electron chi connectivity index (χ2n) is 10.6. The summed E-state index contributed by atoms with van der Waals surface area (Å²) >= 11 is 0. The lowest BCUT2D eigenvalue weighted by Crippen LogP contribution is -2.59. The Morgan fingerprint density at radius 1 is 0.820 bits per heavy atom. The van der Waals surface area contributed by atoms with Gasteiger partial charge in [-0.2, -0.15) is 13.6 Å². The van der Waals surface area contributed by atoms with E-state index >= 15 is 0 Å². The third kappa shape index (κ3) is 8.67. The Hall–Kier alpha value is -3.52. The molecule has 1 fully saturated rings. The molecule has 0 spiro atoms. The molecule has 2 heterocycles. The molecule has 23 heteroatoms. The minimum atomic E-state index is -5.94. The van der Waals surface area contributed by atoms with Gasteiger partial charge in [-0.1, -0.05) is 54.6 Å². The predicted octanol–water partition coefficient (Wildman–Crippen LogP) is 1.48. The standard InChI is InChI=1S/C27H28N3O17P3/c31-23(19-7-2-1-3-8-19)28-22-12-13-30(25(32)29-22)24-27(35,36)26(33,34)21(45-24)16-44-49(39,40)47-50(41,42)46-48(37,38)43-15-17-10-11-18-6-4-5-9-20(18)14-17/h1-14,21,24,33-36H,15-16H2,(H,37,38)(H,39,40)(H,41,42)(H,28,29,31,32). The Morgan fingerprint density at radius 3 is 2.10 bits per heavy atom. The van der Waals surface area contributed by atoms with Crippen LogP contribution in [0.3, 0.4) is 0 Å². The van der Waals surface area contributed by atoms with Crippen molar-refractivity contribution in [2.75, 3.05) is 11.9 Å². The van der Waals surface area contributed by atoms with E-state index in [2.05, 4.69) is 28.0 Å². The van der Waals surface area contributed by atoms with E-state index in [9.17, 15) is 58.4 Å². The number of phosphoric ester groups is 2. The molecule has 1 aromatic heterocycles. The van der Waals surface area contributed by atoms with Crippen molar-refractivity contribution in [2.45, 2.75) is 30.5 Å². The molecule has 0 bridgehead atoms. The van der Waals surface area contributed by atoms with Crippen LogP contribution in [0.25, 0.3) is 10.8 Å². The Kier molecular flexibility index (Phi) is 10.7. The number of rotatable bonds is 13. The van der Waals surface area contributed by atoms with Crippen molar-refractivity contribution in [3.63, 3.8) is 0 Å². The smallest absolute Gasteiger partial charge is 0.359 e. The second-order valence-corrected chi connectivity index (χ2v) is 15.2. The number of nitrogens with zero attached hydrogens (tertiary/aromatic N) is 2. The molecule has 8 N–H and O–H groups in total. The fourth-order valence-electron chi connectivity index (χ4n) is 4.59. The number of carbonyl (C=O) groups is 1. The Bertz CT molecular complexity index is 2090. The first-order valence-corrected chi connectivity index (χ1v) is 18.5. The normalized spacial score (nSPS) is 21.9. The van der Waals surface area contributed by atoms with Crippen LogP contribution in [0.15, 0.2) is 89.9 Å². The Balaban J connectivity index is 1.20. The van der Waals surface area contributed by atoms with E-state index in [1.165, 1.54) is 18.2 Å². The summed E-state index contributed by atoms with van der Waals surface area (Å²) in [4.78, 5) is 58.4. The van der Waals surface area contributed by atoms with Crippen LogP contribution in [-0.4, -0.2) is 74.8 Å². The summed E-state index contributed by atoms with van der Waals surface area (Å²) in [5.74, 6) is -8.41. The maximum Gasteiger partial charge on any atom is 0.490 e. The molecular weight excluding hydrogens is 731 g/mol. The van der Waals surface area contributed by atoms with Crippen LogP contribution in [0.5, 0.6) is 0 Å². The van der Waals surface area contributed by atoms with Crippen molar-refractivity contribution in [3.8, 4) is 0 Å². The number of aromatic nitrogens is 2. The summed E-state index contributed by atoms with van der Waals surface area (Å²) in [7, 11) is -17.2. The lowest BCUT2D eigenvalue weighted by Gasteiger charge is -2.31. The van der Waals surface area contributed by atoms with Gasteiger partial charge in [-0.25, -0.2) is 18.5 Å². The number of aliphatic hydroxyl groups is 4. The van der Waals surface area contributed by atoms with Crippen LogP contribution < -0.4 is 11.0 Å². The van der Waals surface area contributed by atoms with Crippen LogP contribution in [0.2, 0.25) is 0 Å². The highest BCUT2D eigenvalue weighted by molar-refractivity contribution is 7.66. The summed E-state index contributed by atoms with van der Waals surface area (Å²) in [6.07, 6.45) is -3.91. The van der Waals surface area contributed by atoms with Gasteiger partial charge in [-0.3, -0.25) is 18.4 Å². The quantitative estimate of drug-likeness (QED) is 0.0707. The maximum atomic E-state index is 12.7. The highest BCUT2D eigenvalue weighted by Gasteiger charge is 2.67. The zero-order valence-corrected chi connectivity index (χ0v) is 27.8. The first kappa shape index (κ1) is 37.7. The predicted molar refractivity (Wildman–Crippen MR) is 167 cm³/mol. The molecule has 20 nitrogen and oxygen atoms in total. The van der Waals surface area contributed by atoms with Crippen molar-refractivity contribution < 1.29 is 76.0 Å². The number of ether oxygens (including phenoxy) is 1. The molecule has 268 valence electrons. The average molecular weight is 759 g/mol. The van der Waals surface area contributed by atoms with Crippen LogP contribution in [-0.2, 0) is 42.7 Å². The summed E-state index contributed by atoms with van der Waals surface area (Å²) in [5.41, 5.74) is -0.720. The first-order valence-electron chi connectivity index (χ1n) is 14.0. The summed E-state index contributed by atoms with van der Waals surface area (Å²) in [6, 6.07) is 20.8. The zero-order chi connectivity index (χ0) is 36.5. The molecule has 5 unspecified atom stereocenters. The van der Waals surface area contributed by atoms with Gasteiger partial charge in [0.15, 0.2) is 6.23 Å². The molecule has 5 atom stereocenters. The molecule has 0 radical (unpaired) electrons. The van der Waals surface area contributed by atoms with E-state index in [0.29, 0.717) is 10.1 Å². The number of hydrogen-bond donors (Lipinski definition) is 8. The first-order chi connectivity index (χ1) is 23.3. The highest BCUT2D eigenvalue weighted by atomic mass is 31.3. The summed E-state index contributed by atoms with van der Waals surface area (Å²) < 4.78 is 59.7. The van der Waals surface area contributed by atoms with E-state index in [-0.39, 0.29) is 11.4 Å². The molecule has 1 amide bonds. The summed E-state index contributed by atoms with van der Waals surface area (Å²) in [5, 5.41) is 45.8. The monoisotopic (exact) mass is 759 g/mol. The van der Waals surface area contributed by atoms with Crippen LogP contribution in [0, 0.1) is 0 Å². The third-order valence-electron chi connectivity index (χ3n) is 7.00. The van der Waals surface area contributed by atoms with Gasteiger partial charge in [0.25, 0.3) is 17.5 Å². The number of benzene rings is 3. The molecular formula is C27H28N3O17P3. The maximum absolute atomic E-state index is 12.7. The van der Waals surface area contributed by atoms with E-state index < -0.39 is 72.2 Å². The molecule has 4 aromatic rings. The molecule has 0 saturated carbocycles. The van der Waals surface area contributed by atoms with Gasteiger partial charge in [-0.15, -0.1) is 0 Å². The molecule has 5 rings (SSSR count). The largest absolute Gasteiger partial charge is 0.490 e. The van der Waals surface area contributed by atoms with Gasteiger partial charge in [0.1, 0.15) is 11.9 Å². The minimum absolute atomic E-state index is 0.223. The molecule has 1 saturated heterocycles. The lowest BCUT2D eigenvalue weighted by atomic mass is 10.0. The molecule has 0 aliphatic carbocycles. The molecule has 1 aliphatic rings. The van der Waals surface area contributed by atoms with E-state index in [1.54, 1.807) is 48.5 Å². The fourth-order valence-corrected chi connectivity index (χ4v) is 8.07. The van der Waals surface area contributed by atoms with Crippen molar-refractivity contribution in [1.29, 1.82) is 0 Å². The van der Waals surface area contributed by atoms with Gasteiger partial charge in [0, 0.05) is 11.8 Å². The number of nitrogens with one attached hydrogen (secondary N) is 1. The number of anilines is 1. The van der Waals surface area contributed by atoms with Gasteiger partial charge >= 0.3 is 29.2 Å². The number of hydrogen-bond acceptors (Lipinski definition) is 15. The Labute approximate surface area is 280 Å². The molecule has 3 aromatic carbocycles. The second kappa shape index (κ2) is 14.2. The van der Waals surface area contributed by atoms with Gasteiger partial charge in [0.05, 0.1) is 13.2 Å². The SMILES string of the molecule is O=C(Nc1ccn(C2OC(COP(=O)(O)OP(=O)(O)OP(=O)(O)OCc3ccc4ccccc4c3)C(O)(O)C2(O)O)c(=O)n1)c1ccccc1. The highest BCUT2D eigenvalue weighted by Crippen LogP contribution is 2.68. The van der Waals surface area contributed by atoms with Crippen LogP contribution in [0.4, 0.5) is 5.82 Å². The van der Waals surface area contributed by atoms with Gasteiger partial charge in [-0.05, 0) is 40.6 Å². The van der Waals surface area contributed by atoms with Gasteiger partial charge in [0.2, 0.25) is 0 Å². The fraction of sp³-hybridized carbons (Fsp3) is 0.222. The van der Waals surface area contributed by atoms with Gasteiger partial charge < -0.3 is 45.2 Å². The van der Waals surface area contributed by atoms with E-state index in [1.807, 2.05) is 6.07 Å². The van der Waals surface area contributed by atoms with E-state index in [4.69, 9.17) is 4.74 Å². The van der Waals surface area contributed by atoms with Crippen LogP contribution >= 0.6 is 23.5 Å². The number of fused-ring (bicyclic) bond motifs is 1. The number of carbonyl (C=O) groups excluding carboxylic acids is 1. The third-order valence-corrected chi connectivity index (χ3v) is 11.2. The zero-order valence-electron chi connectivity index (χ0n) is 25.1. The average Bonchev–Trinajstić information content (AvgIpc) is 3.21. The topological polar surface area (TPSA) is 303 Å². The molecule has 1 aliphatic heterocycles. The number of phosphoric acid groups is 3. The van der Waals surface area contributed by atoms with E-state index in [0.717, 1.165) is 23.0 Å². The van der Waals surface area contributed by atoms with Crippen molar-refractivity contribution in [3.05, 3.63) is 107 Å². The lowest BCUT2D eigenvalue weighted by molar-refractivity contribution is -0.355. The molecule has 50 heavy (non-hydrogen) atoms. The van der Waals surface area contributed by atoms with Crippen LogP contribution in [0.1, 0.15) is 22.1 Å². The number of amides is 1. The van der Waals surface area contributed by atoms with Crippen molar-refractivity contribution in [1.82, 2.24) is 9.55 Å². The Morgan fingerprint density at radius 2 is 1.44 bits per heavy atom. The van der Waals surface area contributed by atoms with Crippen molar-refractivity contribution in [2.24, 2.45) is 0 Å². The minimum Gasteiger partial charge on any atom is -0.359 e.